The molecule has 0 spiro atoms. The monoisotopic (exact) mass is 387 g/mol. The topological polar surface area (TPSA) is 37.8 Å². The van der Waals surface area contributed by atoms with E-state index in [9.17, 15) is 0 Å². The van der Waals surface area contributed by atoms with Gasteiger partial charge in [-0.25, -0.2) is 9.97 Å². The molecule has 0 saturated heterocycles. The van der Waals surface area contributed by atoms with E-state index >= 15 is 0 Å². The highest BCUT2D eigenvalue weighted by molar-refractivity contribution is 7.19. The highest BCUT2D eigenvalue weighted by Gasteiger charge is 2.17. The Morgan fingerprint density at radius 2 is 1.54 bits per heavy atom. The van der Waals surface area contributed by atoms with Gasteiger partial charge >= 0.3 is 0 Å². The second-order valence-electron chi connectivity index (χ2n) is 8.25. The molecule has 2 aromatic carbocycles. The molecule has 0 aliphatic carbocycles. The van der Waals surface area contributed by atoms with Crippen LogP contribution in [-0.4, -0.2) is 9.97 Å². The Morgan fingerprint density at radius 1 is 0.857 bits per heavy atom. The van der Waals surface area contributed by atoms with Crippen molar-refractivity contribution in [2.75, 3.05) is 5.32 Å². The van der Waals surface area contributed by atoms with Crippen molar-refractivity contribution in [1.29, 1.82) is 0 Å². The fourth-order valence-electron chi connectivity index (χ4n) is 3.40. The van der Waals surface area contributed by atoms with E-state index in [1.54, 1.807) is 17.7 Å². The van der Waals surface area contributed by atoms with Gasteiger partial charge in [0.05, 0.1) is 5.39 Å². The molecule has 0 fully saturated rings. The van der Waals surface area contributed by atoms with Crippen LogP contribution in [0.3, 0.4) is 0 Å². The Morgan fingerprint density at radius 3 is 2.18 bits per heavy atom. The first-order valence-corrected chi connectivity index (χ1v) is 10.3. The molecule has 0 atom stereocenters. The number of thiophene rings is 1. The smallest absolute Gasteiger partial charge is 0.143 e. The van der Waals surface area contributed by atoms with Crippen LogP contribution < -0.4 is 5.32 Å². The number of aromatic nitrogens is 2. The number of benzene rings is 2. The van der Waals surface area contributed by atoms with Crippen LogP contribution in [0.4, 0.5) is 11.5 Å². The SMILES string of the molecule is Cc1ccc(-c2c(C)sc3ncnc(Nc4ccc(C(C)(C)C)cc4)c23)cc1. The minimum Gasteiger partial charge on any atom is -0.340 e. The van der Waals surface area contributed by atoms with E-state index in [0.29, 0.717) is 0 Å². The number of nitrogens with zero attached hydrogens (tertiary/aromatic N) is 2. The van der Waals surface area contributed by atoms with Crippen LogP contribution in [0.5, 0.6) is 0 Å². The number of rotatable bonds is 3. The van der Waals surface area contributed by atoms with Crippen molar-refractivity contribution in [3.63, 3.8) is 0 Å². The number of hydrogen-bond acceptors (Lipinski definition) is 4. The molecule has 0 bridgehead atoms. The van der Waals surface area contributed by atoms with Crippen LogP contribution in [-0.2, 0) is 5.41 Å². The zero-order chi connectivity index (χ0) is 19.9. The van der Waals surface area contributed by atoms with Crippen molar-refractivity contribution < 1.29 is 0 Å². The summed E-state index contributed by atoms with van der Waals surface area (Å²) in [5.41, 5.74) is 6.17. The Hall–Kier alpha value is -2.72. The van der Waals surface area contributed by atoms with Gasteiger partial charge in [0.2, 0.25) is 0 Å². The molecular weight excluding hydrogens is 362 g/mol. The van der Waals surface area contributed by atoms with Gasteiger partial charge in [-0.15, -0.1) is 11.3 Å². The molecule has 28 heavy (non-hydrogen) atoms. The van der Waals surface area contributed by atoms with Crippen LogP contribution in [0.1, 0.15) is 36.8 Å². The summed E-state index contributed by atoms with van der Waals surface area (Å²) in [5, 5.41) is 4.61. The third kappa shape index (κ3) is 3.52. The van der Waals surface area contributed by atoms with Gasteiger partial charge in [-0.05, 0) is 42.5 Å². The lowest BCUT2D eigenvalue weighted by molar-refractivity contribution is 0.590. The van der Waals surface area contributed by atoms with Crippen molar-refractivity contribution in [3.8, 4) is 11.1 Å². The molecule has 1 N–H and O–H groups in total. The molecule has 0 saturated carbocycles. The Kier molecular flexibility index (Phi) is 4.68. The zero-order valence-electron chi connectivity index (χ0n) is 17.0. The van der Waals surface area contributed by atoms with E-state index in [1.807, 2.05) is 0 Å². The summed E-state index contributed by atoms with van der Waals surface area (Å²) >= 11 is 1.72. The Balaban J connectivity index is 1.78. The van der Waals surface area contributed by atoms with E-state index < -0.39 is 0 Å². The molecule has 0 aliphatic rings. The molecule has 142 valence electrons. The summed E-state index contributed by atoms with van der Waals surface area (Å²) in [5.74, 6) is 0.855. The van der Waals surface area contributed by atoms with Gasteiger partial charge in [-0.3, -0.25) is 0 Å². The lowest BCUT2D eigenvalue weighted by Gasteiger charge is -2.19. The highest BCUT2D eigenvalue weighted by atomic mass is 32.1. The zero-order valence-corrected chi connectivity index (χ0v) is 17.8. The molecule has 0 amide bonds. The van der Waals surface area contributed by atoms with E-state index in [1.165, 1.54) is 27.1 Å². The van der Waals surface area contributed by atoms with Gasteiger partial charge in [0, 0.05) is 16.1 Å². The predicted molar refractivity (Wildman–Crippen MR) is 121 cm³/mol. The van der Waals surface area contributed by atoms with Crippen LogP contribution in [0, 0.1) is 13.8 Å². The van der Waals surface area contributed by atoms with Gasteiger partial charge in [-0.2, -0.15) is 0 Å². The predicted octanol–water partition coefficient (Wildman–Crippen LogP) is 7.02. The van der Waals surface area contributed by atoms with Gasteiger partial charge in [-0.1, -0.05) is 62.7 Å². The minimum atomic E-state index is 0.143. The number of anilines is 2. The molecule has 4 aromatic rings. The second kappa shape index (κ2) is 7.02. The average Bonchev–Trinajstić information content (AvgIpc) is 2.99. The molecule has 4 rings (SSSR count). The van der Waals surface area contributed by atoms with Gasteiger partial charge in [0.15, 0.2) is 0 Å². The third-order valence-corrected chi connectivity index (χ3v) is 6.03. The summed E-state index contributed by atoms with van der Waals surface area (Å²) in [7, 11) is 0. The van der Waals surface area contributed by atoms with Gasteiger partial charge < -0.3 is 5.32 Å². The summed E-state index contributed by atoms with van der Waals surface area (Å²) in [6.07, 6.45) is 1.64. The molecule has 4 heteroatoms. The van der Waals surface area contributed by atoms with E-state index in [0.717, 1.165) is 21.7 Å². The van der Waals surface area contributed by atoms with Crippen molar-refractivity contribution >= 4 is 33.1 Å². The van der Waals surface area contributed by atoms with Gasteiger partial charge in [0.1, 0.15) is 17.0 Å². The molecule has 2 heterocycles. The molecular formula is C24H25N3S. The first-order chi connectivity index (χ1) is 13.3. The molecule has 0 radical (unpaired) electrons. The van der Waals surface area contributed by atoms with Crippen LogP contribution >= 0.6 is 11.3 Å². The number of hydrogen-bond donors (Lipinski definition) is 1. The third-order valence-electron chi connectivity index (χ3n) is 5.02. The Labute approximate surface area is 170 Å². The van der Waals surface area contributed by atoms with Crippen molar-refractivity contribution in [2.24, 2.45) is 0 Å². The van der Waals surface area contributed by atoms with E-state index in [-0.39, 0.29) is 5.41 Å². The minimum absolute atomic E-state index is 0.143. The van der Waals surface area contributed by atoms with E-state index in [4.69, 9.17) is 0 Å². The van der Waals surface area contributed by atoms with Crippen LogP contribution in [0.25, 0.3) is 21.3 Å². The normalized spacial score (nSPS) is 11.8. The maximum atomic E-state index is 4.57. The average molecular weight is 388 g/mol. The van der Waals surface area contributed by atoms with E-state index in [2.05, 4.69) is 98.4 Å². The summed E-state index contributed by atoms with van der Waals surface area (Å²) in [6.45, 7) is 10.9. The second-order valence-corrected chi connectivity index (χ2v) is 9.46. The van der Waals surface area contributed by atoms with Crippen molar-refractivity contribution in [1.82, 2.24) is 9.97 Å². The molecule has 0 aliphatic heterocycles. The Bertz CT molecular complexity index is 1120. The molecule has 2 aromatic heterocycles. The molecule has 0 unspecified atom stereocenters. The standard InChI is InChI=1S/C24H25N3S/c1-15-6-8-17(9-7-15)20-16(2)28-23-21(20)22(25-14-26-23)27-19-12-10-18(11-13-19)24(3,4)5/h6-14H,1-5H3,(H,25,26,27). The summed E-state index contributed by atoms with van der Waals surface area (Å²) in [4.78, 5) is 11.4. The largest absolute Gasteiger partial charge is 0.340 e. The lowest BCUT2D eigenvalue weighted by Crippen LogP contribution is -2.10. The first-order valence-electron chi connectivity index (χ1n) is 9.51. The summed E-state index contributed by atoms with van der Waals surface area (Å²) < 4.78 is 0. The first kappa shape index (κ1) is 18.6. The fraction of sp³-hybridized carbons (Fsp3) is 0.250. The van der Waals surface area contributed by atoms with Crippen LogP contribution in [0.2, 0.25) is 0 Å². The lowest BCUT2D eigenvalue weighted by atomic mass is 9.87. The summed E-state index contributed by atoms with van der Waals surface area (Å²) in [6, 6.07) is 17.3. The van der Waals surface area contributed by atoms with Crippen molar-refractivity contribution in [2.45, 2.75) is 40.0 Å². The maximum absolute atomic E-state index is 4.57. The quantitative estimate of drug-likeness (QED) is 0.410. The highest BCUT2D eigenvalue weighted by Crippen LogP contribution is 2.41. The number of fused-ring (bicyclic) bond motifs is 1. The van der Waals surface area contributed by atoms with Gasteiger partial charge in [0.25, 0.3) is 0 Å². The van der Waals surface area contributed by atoms with Crippen LogP contribution in [0.15, 0.2) is 54.9 Å². The fourth-order valence-corrected chi connectivity index (χ4v) is 4.41. The molecule has 3 nitrogen and oxygen atoms in total. The van der Waals surface area contributed by atoms with Crippen molar-refractivity contribution in [3.05, 3.63) is 70.9 Å². The number of aryl methyl sites for hydroxylation is 2. The number of nitrogens with one attached hydrogen (secondary N) is 1. The maximum Gasteiger partial charge on any atom is 0.143 e.